The van der Waals surface area contributed by atoms with Gasteiger partial charge in [0.25, 0.3) is 0 Å². The van der Waals surface area contributed by atoms with Crippen LogP contribution in [0, 0.1) is 5.92 Å². The molecule has 0 spiro atoms. The summed E-state index contributed by atoms with van der Waals surface area (Å²) >= 11 is 0. The normalized spacial score (nSPS) is 17.9. The third-order valence-electron chi connectivity index (χ3n) is 3.85. The zero-order valence-corrected chi connectivity index (χ0v) is 13.9. The Morgan fingerprint density at radius 2 is 2.05 bits per heavy atom. The molecule has 0 amide bonds. The van der Waals surface area contributed by atoms with Gasteiger partial charge < -0.3 is 20.1 Å². The second kappa shape index (κ2) is 9.70. The molecule has 4 heteroatoms. The summed E-state index contributed by atoms with van der Waals surface area (Å²) in [5.74, 6) is 1.63. The van der Waals surface area contributed by atoms with E-state index in [1.165, 1.54) is 12.8 Å². The predicted molar refractivity (Wildman–Crippen MR) is 91.7 cm³/mol. The van der Waals surface area contributed by atoms with E-state index in [-0.39, 0.29) is 0 Å². The maximum absolute atomic E-state index is 5.72. The average Bonchev–Trinajstić information content (AvgIpc) is 3.01. The minimum atomic E-state index is 0.419. The highest BCUT2D eigenvalue weighted by atomic mass is 16.5. The smallest absolute Gasteiger partial charge is 0.119 e. The van der Waals surface area contributed by atoms with Crippen LogP contribution in [0.2, 0.25) is 0 Å². The lowest BCUT2D eigenvalue weighted by Gasteiger charge is -2.12. The summed E-state index contributed by atoms with van der Waals surface area (Å²) in [5.41, 5.74) is 1.13. The van der Waals surface area contributed by atoms with Gasteiger partial charge in [-0.2, -0.15) is 0 Å². The molecule has 0 bridgehead atoms. The van der Waals surface area contributed by atoms with E-state index in [9.17, 15) is 0 Å². The number of anilines is 1. The van der Waals surface area contributed by atoms with Gasteiger partial charge in [0.1, 0.15) is 5.75 Å². The van der Waals surface area contributed by atoms with Crippen LogP contribution >= 0.6 is 0 Å². The van der Waals surface area contributed by atoms with E-state index in [0.717, 1.165) is 50.7 Å². The Bertz CT molecular complexity index is 400. The number of rotatable bonds is 10. The molecule has 0 aromatic heterocycles. The standard InChI is InChI=1S/C18H30N2O2/c1-15(2)9-13-22-17-7-5-16(6-8-17)20-11-10-19-14-18-4-3-12-21-18/h5-8,15,18-20H,3-4,9-14H2,1-2H3. The Balaban J connectivity index is 1.55. The van der Waals surface area contributed by atoms with E-state index in [1.807, 2.05) is 12.1 Å². The number of nitrogens with one attached hydrogen (secondary N) is 2. The van der Waals surface area contributed by atoms with Crippen molar-refractivity contribution in [2.24, 2.45) is 5.92 Å². The fourth-order valence-electron chi connectivity index (χ4n) is 2.45. The Morgan fingerprint density at radius 3 is 2.73 bits per heavy atom. The first-order valence-corrected chi connectivity index (χ1v) is 8.53. The van der Waals surface area contributed by atoms with Gasteiger partial charge in [0.05, 0.1) is 12.7 Å². The van der Waals surface area contributed by atoms with Crippen LogP contribution < -0.4 is 15.4 Å². The van der Waals surface area contributed by atoms with Gasteiger partial charge in [-0.3, -0.25) is 0 Å². The maximum Gasteiger partial charge on any atom is 0.119 e. The van der Waals surface area contributed by atoms with Crippen molar-refractivity contribution in [2.45, 2.75) is 39.2 Å². The molecular formula is C18H30N2O2. The molecule has 1 aromatic carbocycles. The van der Waals surface area contributed by atoms with Crippen molar-refractivity contribution in [1.82, 2.24) is 5.32 Å². The molecule has 1 saturated heterocycles. The molecule has 1 heterocycles. The van der Waals surface area contributed by atoms with Crippen LogP contribution in [0.5, 0.6) is 5.75 Å². The van der Waals surface area contributed by atoms with E-state index < -0.39 is 0 Å². The molecular weight excluding hydrogens is 276 g/mol. The van der Waals surface area contributed by atoms with Gasteiger partial charge in [-0.05, 0) is 49.4 Å². The van der Waals surface area contributed by atoms with Crippen molar-refractivity contribution in [3.63, 3.8) is 0 Å². The van der Waals surface area contributed by atoms with E-state index >= 15 is 0 Å². The summed E-state index contributed by atoms with van der Waals surface area (Å²) in [4.78, 5) is 0. The van der Waals surface area contributed by atoms with Crippen molar-refractivity contribution in [1.29, 1.82) is 0 Å². The molecule has 1 fully saturated rings. The molecule has 2 N–H and O–H groups in total. The average molecular weight is 306 g/mol. The Labute approximate surface area is 134 Å². The van der Waals surface area contributed by atoms with Crippen LogP contribution in [0.4, 0.5) is 5.69 Å². The predicted octanol–water partition coefficient (Wildman–Crippen LogP) is 3.29. The molecule has 1 aliphatic heterocycles. The number of ether oxygens (including phenoxy) is 2. The van der Waals surface area contributed by atoms with Gasteiger partial charge in [0.2, 0.25) is 0 Å². The molecule has 4 nitrogen and oxygen atoms in total. The molecule has 0 aliphatic carbocycles. The summed E-state index contributed by atoms with van der Waals surface area (Å²) in [6, 6.07) is 8.21. The van der Waals surface area contributed by atoms with Gasteiger partial charge in [0, 0.05) is 31.9 Å². The highest BCUT2D eigenvalue weighted by molar-refractivity contribution is 5.46. The van der Waals surface area contributed by atoms with E-state index in [2.05, 4.69) is 36.6 Å². The van der Waals surface area contributed by atoms with Crippen LogP contribution in [0.15, 0.2) is 24.3 Å². The minimum Gasteiger partial charge on any atom is -0.494 e. The van der Waals surface area contributed by atoms with Gasteiger partial charge in [-0.1, -0.05) is 13.8 Å². The topological polar surface area (TPSA) is 42.5 Å². The van der Waals surface area contributed by atoms with Crippen LogP contribution in [0.1, 0.15) is 33.1 Å². The third kappa shape index (κ3) is 6.67. The first kappa shape index (κ1) is 17.1. The van der Waals surface area contributed by atoms with Gasteiger partial charge >= 0.3 is 0 Å². The molecule has 124 valence electrons. The lowest BCUT2D eigenvalue weighted by atomic mass is 10.1. The largest absolute Gasteiger partial charge is 0.494 e. The monoisotopic (exact) mass is 306 g/mol. The van der Waals surface area contributed by atoms with Crippen molar-refractivity contribution in [2.75, 3.05) is 38.2 Å². The van der Waals surface area contributed by atoms with E-state index in [4.69, 9.17) is 9.47 Å². The highest BCUT2D eigenvalue weighted by Crippen LogP contribution is 2.16. The number of hydrogen-bond donors (Lipinski definition) is 2. The van der Waals surface area contributed by atoms with E-state index in [0.29, 0.717) is 12.0 Å². The van der Waals surface area contributed by atoms with Crippen molar-refractivity contribution in [3.8, 4) is 5.75 Å². The second-order valence-corrected chi connectivity index (χ2v) is 6.32. The molecule has 2 rings (SSSR count). The lowest BCUT2D eigenvalue weighted by molar-refractivity contribution is 0.110. The molecule has 0 radical (unpaired) electrons. The summed E-state index contributed by atoms with van der Waals surface area (Å²) < 4.78 is 11.3. The maximum atomic E-state index is 5.72. The zero-order valence-electron chi connectivity index (χ0n) is 13.9. The van der Waals surface area contributed by atoms with Crippen LogP contribution in [0.25, 0.3) is 0 Å². The van der Waals surface area contributed by atoms with Crippen LogP contribution in [-0.4, -0.2) is 39.0 Å². The highest BCUT2D eigenvalue weighted by Gasteiger charge is 2.13. The Kier molecular flexibility index (Phi) is 7.54. The van der Waals surface area contributed by atoms with Crippen molar-refractivity contribution >= 4 is 5.69 Å². The first-order chi connectivity index (χ1) is 10.7. The Hall–Kier alpha value is -1.26. The molecule has 1 aromatic rings. The summed E-state index contributed by atoms with van der Waals surface area (Å²) in [5, 5.41) is 6.85. The summed E-state index contributed by atoms with van der Waals surface area (Å²) in [6.45, 7) is 8.97. The number of hydrogen-bond acceptors (Lipinski definition) is 4. The van der Waals surface area contributed by atoms with Gasteiger partial charge in [-0.25, -0.2) is 0 Å². The third-order valence-corrected chi connectivity index (χ3v) is 3.85. The molecule has 1 unspecified atom stereocenters. The number of benzene rings is 1. The first-order valence-electron chi connectivity index (χ1n) is 8.53. The van der Waals surface area contributed by atoms with Gasteiger partial charge in [0.15, 0.2) is 0 Å². The van der Waals surface area contributed by atoms with Crippen molar-refractivity contribution in [3.05, 3.63) is 24.3 Å². The molecule has 22 heavy (non-hydrogen) atoms. The van der Waals surface area contributed by atoms with Crippen molar-refractivity contribution < 1.29 is 9.47 Å². The molecule has 1 aliphatic rings. The minimum absolute atomic E-state index is 0.419. The fraction of sp³-hybridized carbons (Fsp3) is 0.667. The quantitative estimate of drug-likeness (QED) is 0.651. The Morgan fingerprint density at radius 1 is 1.23 bits per heavy atom. The SMILES string of the molecule is CC(C)CCOc1ccc(NCCNCC2CCCO2)cc1. The molecule has 0 saturated carbocycles. The summed E-state index contributed by atoms with van der Waals surface area (Å²) in [7, 11) is 0. The summed E-state index contributed by atoms with van der Waals surface area (Å²) in [6.07, 6.45) is 3.91. The van der Waals surface area contributed by atoms with Gasteiger partial charge in [-0.15, -0.1) is 0 Å². The van der Waals surface area contributed by atoms with Crippen LogP contribution in [-0.2, 0) is 4.74 Å². The zero-order chi connectivity index (χ0) is 15.6. The van der Waals surface area contributed by atoms with E-state index in [1.54, 1.807) is 0 Å². The second-order valence-electron chi connectivity index (χ2n) is 6.32. The lowest BCUT2D eigenvalue weighted by Crippen LogP contribution is -2.30. The van der Waals surface area contributed by atoms with Crippen LogP contribution in [0.3, 0.4) is 0 Å². The fourth-order valence-corrected chi connectivity index (χ4v) is 2.45. The molecule has 1 atom stereocenters.